The fraction of sp³-hybridized carbons (Fsp3) is 1.00. The van der Waals surface area contributed by atoms with E-state index in [1.54, 1.807) is 0 Å². The van der Waals surface area contributed by atoms with Crippen molar-refractivity contribution in [2.45, 2.75) is 32.2 Å². The van der Waals surface area contributed by atoms with Crippen LogP contribution in [0.3, 0.4) is 0 Å². The van der Waals surface area contributed by atoms with Gasteiger partial charge in [0.15, 0.2) is 0 Å². The lowest BCUT2D eigenvalue weighted by Crippen LogP contribution is -2.54. The molecule has 3 heteroatoms. The third-order valence-corrected chi connectivity index (χ3v) is 1.58. The molecule has 1 heterocycles. The van der Waals surface area contributed by atoms with Gasteiger partial charge in [-0.2, -0.15) is 0 Å². The van der Waals surface area contributed by atoms with Gasteiger partial charge >= 0.3 is 0 Å². The van der Waals surface area contributed by atoms with Crippen LogP contribution in [0, 0.1) is 0 Å². The maximum Gasteiger partial charge on any atom is 0.120 e. The molecule has 1 rings (SSSR count). The molecule has 0 bridgehead atoms. The highest BCUT2D eigenvalue weighted by molar-refractivity contribution is 4.76. The van der Waals surface area contributed by atoms with Crippen molar-refractivity contribution in [3.05, 3.63) is 0 Å². The molecule has 54 valence electrons. The fourth-order valence-corrected chi connectivity index (χ4v) is 0.992. The second-order valence-electron chi connectivity index (χ2n) is 2.65. The van der Waals surface area contributed by atoms with Crippen LogP contribution < -0.4 is 11.1 Å². The molecule has 0 aliphatic carbocycles. The van der Waals surface area contributed by atoms with Crippen molar-refractivity contribution < 1.29 is 4.74 Å². The molecule has 0 aromatic heterocycles. The Morgan fingerprint density at radius 3 is 2.67 bits per heavy atom. The number of nitrogens with one attached hydrogen (secondary N) is 1. The monoisotopic (exact) mass is 130 g/mol. The summed E-state index contributed by atoms with van der Waals surface area (Å²) < 4.78 is 5.22. The largest absolute Gasteiger partial charge is 0.360 e. The topological polar surface area (TPSA) is 47.3 Å². The molecule has 3 N–H and O–H groups in total. The van der Waals surface area contributed by atoms with Crippen LogP contribution in [0.15, 0.2) is 0 Å². The summed E-state index contributed by atoms with van der Waals surface area (Å²) >= 11 is 0. The Hall–Kier alpha value is -0.120. The lowest BCUT2D eigenvalue weighted by molar-refractivity contribution is -0.0149. The Bertz CT molecular complexity index is 97.1. The number of morpholine rings is 1. The van der Waals surface area contributed by atoms with Crippen LogP contribution in [-0.2, 0) is 4.74 Å². The summed E-state index contributed by atoms with van der Waals surface area (Å²) in [4.78, 5) is 0. The molecule has 3 unspecified atom stereocenters. The Morgan fingerprint density at radius 2 is 2.22 bits per heavy atom. The lowest BCUT2D eigenvalue weighted by Gasteiger charge is -2.31. The summed E-state index contributed by atoms with van der Waals surface area (Å²) in [6, 6.07) is 0.730. The Kier molecular flexibility index (Phi) is 2.05. The van der Waals surface area contributed by atoms with E-state index in [4.69, 9.17) is 10.5 Å². The summed E-state index contributed by atoms with van der Waals surface area (Å²) in [5.41, 5.74) is 5.56. The van der Waals surface area contributed by atoms with Crippen LogP contribution in [0.5, 0.6) is 0 Å². The van der Waals surface area contributed by atoms with Crippen LogP contribution >= 0.6 is 0 Å². The fourth-order valence-electron chi connectivity index (χ4n) is 0.992. The molecule has 9 heavy (non-hydrogen) atoms. The second kappa shape index (κ2) is 2.64. The highest BCUT2D eigenvalue weighted by Crippen LogP contribution is 2.01. The number of ether oxygens (including phenoxy) is 1. The van der Waals surface area contributed by atoms with Crippen molar-refractivity contribution in [2.24, 2.45) is 5.73 Å². The SMILES string of the molecule is CC1COC(N)C(C)N1. The van der Waals surface area contributed by atoms with E-state index in [2.05, 4.69) is 12.2 Å². The van der Waals surface area contributed by atoms with Crippen molar-refractivity contribution in [1.82, 2.24) is 5.32 Å². The summed E-state index contributed by atoms with van der Waals surface area (Å²) in [6.07, 6.45) is -0.124. The normalized spacial score (nSPS) is 45.0. The van der Waals surface area contributed by atoms with E-state index >= 15 is 0 Å². The minimum absolute atomic E-state index is 0.124. The number of rotatable bonds is 0. The molecule has 1 saturated heterocycles. The molecule has 3 nitrogen and oxygen atoms in total. The predicted molar refractivity (Wildman–Crippen MR) is 36.0 cm³/mol. The van der Waals surface area contributed by atoms with E-state index in [9.17, 15) is 0 Å². The third-order valence-electron chi connectivity index (χ3n) is 1.58. The van der Waals surface area contributed by atoms with Gasteiger partial charge in [-0.1, -0.05) is 0 Å². The van der Waals surface area contributed by atoms with Crippen LogP contribution in [0.2, 0.25) is 0 Å². The van der Waals surface area contributed by atoms with Crippen LogP contribution in [0.25, 0.3) is 0 Å². The van der Waals surface area contributed by atoms with Gasteiger partial charge in [-0.3, -0.25) is 0 Å². The smallest absolute Gasteiger partial charge is 0.120 e. The summed E-state index contributed by atoms with van der Waals surface area (Å²) in [5.74, 6) is 0. The maximum absolute atomic E-state index is 5.56. The van der Waals surface area contributed by atoms with Gasteiger partial charge in [0.05, 0.1) is 6.61 Å². The summed E-state index contributed by atoms with van der Waals surface area (Å²) in [5, 5.41) is 3.28. The van der Waals surface area contributed by atoms with Gasteiger partial charge in [0.1, 0.15) is 6.23 Å². The van der Waals surface area contributed by atoms with Crippen molar-refractivity contribution in [3.63, 3.8) is 0 Å². The third kappa shape index (κ3) is 1.64. The number of nitrogens with two attached hydrogens (primary N) is 1. The highest BCUT2D eigenvalue weighted by Gasteiger charge is 2.20. The van der Waals surface area contributed by atoms with Crippen molar-refractivity contribution in [1.29, 1.82) is 0 Å². The zero-order valence-corrected chi connectivity index (χ0v) is 5.92. The molecule has 0 spiro atoms. The average molecular weight is 130 g/mol. The zero-order valence-electron chi connectivity index (χ0n) is 5.92. The molecule has 1 aliphatic heterocycles. The molecule has 0 radical (unpaired) electrons. The van der Waals surface area contributed by atoms with Crippen LogP contribution in [0.4, 0.5) is 0 Å². The van der Waals surface area contributed by atoms with E-state index in [1.165, 1.54) is 0 Å². The first-order valence-corrected chi connectivity index (χ1v) is 3.33. The van der Waals surface area contributed by atoms with E-state index in [0.717, 1.165) is 6.61 Å². The first-order chi connectivity index (χ1) is 4.20. The Morgan fingerprint density at radius 1 is 1.56 bits per heavy atom. The summed E-state index contributed by atoms with van der Waals surface area (Å²) in [7, 11) is 0. The standard InChI is InChI=1S/C6H14N2O/c1-4-3-9-6(7)5(2)8-4/h4-6,8H,3,7H2,1-2H3. The van der Waals surface area contributed by atoms with E-state index in [-0.39, 0.29) is 12.3 Å². The molecule has 1 aliphatic rings. The molecule has 0 amide bonds. The molecule has 1 fully saturated rings. The minimum atomic E-state index is -0.124. The number of hydrogen-bond acceptors (Lipinski definition) is 3. The Labute approximate surface area is 55.6 Å². The van der Waals surface area contributed by atoms with Gasteiger partial charge in [-0.05, 0) is 13.8 Å². The van der Waals surface area contributed by atoms with Gasteiger partial charge < -0.3 is 15.8 Å². The molecule has 0 aromatic rings. The van der Waals surface area contributed by atoms with E-state index in [1.807, 2.05) is 6.92 Å². The zero-order chi connectivity index (χ0) is 6.85. The van der Waals surface area contributed by atoms with Gasteiger partial charge in [-0.15, -0.1) is 0 Å². The van der Waals surface area contributed by atoms with Gasteiger partial charge in [-0.25, -0.2) is 0 Å². The lowest BCUT2D eigenvalue weighted by atomic mass is 10.2. The molecule has 0 aromatic carbocycles. The molecular formula is C6H14N2O. The maximum atomic E-state index is 5.56. The van der Waals surface area contributed by atoms with Crippen LogP contribution in [0.1, 0.15) is 13.8 Å². The highest BCUT2D eigenvalue weighted by atomic mass is 16.5. The van der Waals surface area contributed by atoms with Crippen LogP contribution in [-0.4, -0.2) is 24.9 Å². The van der Waals surface area contributed by atoms with E-state index < -0.39 is 0 Å². The number of hydrogen-bond donors (Lipinski definition) is 2. The molecule has 0 saturated carbocycles. The van der Waals surface area contributed by atoms with Gasteiger partial charge in [0.2, 0.25) is 0 Å². The van der Waals surface area contributed by atoms with Crippen molar-refractivity contribution in [3.8, 4) is 0 Å². The quantitative estimate of drug-likeness (QED) is 0.472. The minimum Gasteiger partial charge on any atom is -0.360 e. The summed E-state index contributed by atoms with van der Waals surface area (Å²) in [6.45, 7) is 4.84. The predicted octanol–water partition coefficient (Wildman–Crippen LogP) is -0.332. The van der Waals surface area contributed by atoms with Gasteiger partial charge in [0.25, 0.3) is 0 Å². The van der Waals surface area contributed by atoms with Gasteiger partial charge in [0, 0.05) is 12.1 Å². The average Bonchev–Trinajstić information content (AvgIpc) is 1.80. The van der Waals surface area contributed by atoms with Crippen molar-refractivity contribution in [2.75, 3.05) is 6.61 Å². The second-order valence-corrected chi connectivity index (χ2v) is 2.65. The Balaban J connectivity index is 2.35. The first-order valence-electron chi connectivity index (χ1n) is 3.33. The van der Waals surface area contributed by atoms with E-state index in [0.29, 0.717) is 6.04 Å². The molecule has 3 atom stereocenters. The molecular weight excluding hydrogens is 116 g/mol. The first kappa shape index (κ1) is 6.99. The van der Waals surface area contributed by atoms with Crippen molar-refractivity contribution >= 4 is 0 Å².